The van der Waals surface area contributed by atoms with Gasteiger partial charge in [0.1, 0.15) is 17.1 Å². The molecule has 0 unspecified atom stereocenters. The van der Waals surface area contributed by atoms with Crippen molar-refractivity contribution in [3.63, 3.8) is 0 Å². The number of amides is 3. The minimum Gasteiger partial charge on any atom is -0.511 e. The number of benzene rings is 1. The predicted octanol–water partition coefficient (Wildman–Crippen LogP) is -0.139. The highest BCUT2D eigenvalue weighted by molar-refractivity contribution is 6.19. The summed E-state index contributed by atoms with van der Waals surface area (Å²) in [6.07, 6.45) is 0.136. The van der Waals surface area contributed by atoms with Gasteiger partial charge in [0, 0.05) is 19.5 Å². The molecule has 1 aromatic rings. The van der Waals surface area contributed by atoms with Gasteiger partial charge in [0.05, 0.1) is 13.7 Å². The molecule has 1 aliphatic rings. The van der Waals surface area contributed by atoms with Crippen LogP contribution in [-0.4, -0.2) is 53.1 Å². The molecule has 0 atom stereocenters. The van der Waals surface area contributed by atoms with Crippen molar-refractivity contribution in [3.05, 3.63) is 41.2 Å². The van der Waals surface area contributed by atoms with Crippen molar-refractivity contribution < 1.29 is 29.4 Å². The van der Waals surface area contributed by atoms with Crippen LogP contribution in [-0.2, 0) is 20.9 Å². The van der Waals surface area contributed by atoms with E-state index >= 15 is 0 Å². The Morgan fingerprint density at radius 1 is 1.28 bits per heavy atom. The van der Waals surface area contributed by atoms with Crippen molar-refractivity contribution >= 4 is 17.7 Å². The largest absolute Gasteiger partial charge is 0.511 e. The Morgan fingerprint density at radius 3 is 2.56 bits per heavy atom. The molecule has 0 radical (unpaired) electrons. The van der Waals surface area contributed by atoms with Crippen LogP contribution >= 0.6 is 0 Å². The molecule has 3 amide bonds. The smallest absolute Gasteiger partial charge is 0.263 e. The van der Waals surface area contributed by atoms with Crippen LogP contribution in [0.1, 0.15) is 12.0 Å². The summed E-state index contributed by atoms with van der Waals surface area (Å²) in [5.41, 5.74) is 1.80. The van der Waals surface area contributed by atoms with E-state index in [9.17, 15) is 19.5 Å². The van der Waals surface area contributed by atoms with E-state index in [0.29, 0.717) is 5.75 Å². The van der Waals surface area contributed by atoms with Crippen molar-refractivity contribution in [2.45, 2.75) is 13.0 Å². The second-order valence-corrected chi connectivity index (χ2v) is 5.36. The Balaban J connectivity index is 2.07. The van der Waals surface area contributed by atoms with Gasteiger partial charge in [0.25, 0.3) is 17.7 Å². The summed E-state index contributed by atoms with van der Waals surface area (Å²) in [7, 11) is 1.55. The van der Waals surface area contributed by atoms with Gasteiger partial charge < -0.3 is 20.1 Å². The van der Waals surface area contributed by atoms with Crippen LogP contribution in [0.15, 0.2) is 35.6 Å². The van der Waals surface area contributed by atoms with Crippen LogP contribution in [0.25, 0.3) is 0 Å². The van der Waals surface area contributed by atoms with Crippen molar-refractivity contribution in [2.75, 3.05) is 20.2 Å². The summed E-state index contributed by atoms with van der Waals surface area (Å²) in [6.45, 7) is 0.0203. The third-order valence-electron chi connectivity index (χ3n) is 3.70. The van der Waals surface area contributed by atoms with Crippen molar-refractivity contribution in [1.82, 2.24) is 15.7 Å². The van der Waals surface area contributed by atoms with E-state index in [0.717, 1.165) is 5.56 Å². The van der Waals surface area contributed by atoms with Crippen molar-refractivity contribution in [2.24, 2.45) is 0 Å². The standard InChI is InChI=1S/C16H19N3O6/c1-25-11-4-2-10(3-5-11)9-19-7-6-12(20)14(16(19)23)15(22)17-8-13(21)18-24/h2-5,20,24H,6-9H2,1H3,(H,17,22)(H,18,21). The summed E-state index contributed by atoms with van der Waals surface area (Å²) < 4.78 is 5.07. The monoisotopic (exact) mass is 349 g/mol. The normalized spacial score (nSPS) is 14.3. The lowest BCUT2D eigenvalue weighted by Gasteiger charge is -2.28. The minimum absolute atomic E-state index is 0.136. The molecule has 4 N–H and O–H groups in total. The number of aliphatic hydroxyl groups is 1. The summed E-state index contributed by atoms with van der Waals surface area (Å²) in [4.78, 5) is 37.0. The van der Waals surface area contributed by atoms with E-state index in [1.165, 1.54) is 10.4 Å². The third kappa shape index (κ3) is 4.48. The molecule has 0 fully saturated rings. The molecule has 0 spiro atoms. The van der Waals surface area contributed by atoms with Gasteiger partial charge in [-0.25, -0.2) is 5.48 Å². The number of ether oxygens (including phenoxy) is 1. The van der Waals surface area contributed by atoms with Gasteiger partial charge in [-0.1, -0.05) is 12.1 Å². The van der Waals surface area contributed by atoms with E-state index < -0.39 is 29.8 Å². The average Bonchev–Trinajstić information content (AvgIpc) is 2.62. The van der Waals surface area contributed by atoms with E-state index in [1.807, 2.05) is 0 Å². The molecule has 2 rings (SSSR count). The Bertz CT molecular complexity index is 698. The maximum atomic E-state index is 12.5. The van der Waals surface area contributed by atoms with E-state index in [1.54, 1.807) is 31.4 Å². The fourth-order valence-electron chi connectivity index (χ4n) is 2.37. The fourth-order valence-corrected chi connectivity index (χ4v) is 2.37. The summed E-state index contributed by atoms with van der Waals surface area (Å²) in [5.74, 6) is -1.97. The van der Waals surface area contributed by atoms with Crippen molar-refractivity contribution in [3.8, 4) is 5.75 Å². The van der Waals surface area contributed by atoms with Gasteiger partial charge in [-0.2, -0.15) is 0 Å². The number of hydrogen-bond donors (Lipinski definition) is 4. The molecule has 9 nitrogen and oxygen atoms in total. The highest BCUT2D eigenvalue weighted by Gasteiger charge is 2.32. The Labute approximate surface area is 143 Å². The van der Waals surface area contributed by atoms with Gasteiger partial charge in [0.2, 0.25) is 0 Å². The topological polar surface area (TPSA) is 128 Å². The minimum atomic E-state index is -0.870. The zero-order valence-electron chi connectivity index (χ0n) is 13.6. The first kappa shape index (κ1) is 18.3. The first-order chi connectivity index (χ1) is 12.0. The van der Waals surface area contributed by atoms with Crippen LogP contribution in [0.4, 0.5) is 0 Å². The van der Waals surface area contributed by atoms with Gasteiger partial charge in [-0.15, -0.1) is 0 Å². The van der Waals surface area contributed by atoms with Gasteiger partial charge in [-0.05, 0) is 17.7 Å². The zero-order chi connectivity index (χ0) is 18.4. The maximum Gasteiger partial charge on any atom is 0.263 e. The first-order valence-corrected chi connectivity index (χ1v) is 7.51. The lowest BCUT2D eigenvalue weighted by molar-refractivity contribution is -0.134. The van der Waals surface area contributed by atoms with Crippen LogP contribution in [0.5, 0.6) is 5.75 Å². The van der Waals surface area contributed by atoms with Crippen LogP contribution in [0, 0.1) is 0 Å². The Hall–Kier alpha value is -3.07. The second kappa shape index (κ2) is 8.15. The molecular weight excluding hydrogens is 330 g/mol. The fraction of sp³-hybridized carbons (Fsp3) is 0.312. The highest BCUT2D eigenvalue weighted by Crippen LogP contribution is 2.20. The molecule has 25 heavy (non-hydrogen) atoms. The SMILES string of the molecule is COc1ccc(CN2CCC(O)=C(C(=O)NCC(=O)NO)C2=O)cc1. The molecule has 0 saturated carbocycles. The Kier molecular flexibility index (Phi) is 5.96. The predicted molar refractivity (Wildman–Crippen MR) is 85.6 cm³/mol. The van der Waals surface area contributed by atoms with Crippen LogP contribution in [0.3, 0.4) is 0 Å². The molecule has 1 heterocycles. The molecule has 0 bridgehead atoms. The molecular formula is C16H19N3O6. The second-order valence-electron chi connectivity index (χ2n) is 5.36. The average molecular weight is 349 g/mol. The molecule has 0 saturated heterocycles. The maximum absolute atomic E-state index is 12.5. The third-order valence-corrected chi connectivity index (χ3v) is 3.70. The van der Waals surface area contributed by atoms with Gasteiger partial charge in [-0.3, -0.25) is 19.6 Å². The molecule has 134 valence electrons. The quantitative estimate of drug-likeness (QED) is 0.321. The number of carbonyl (C=O) groups is 3. The van der Waals surface area contributed by atoms with Gasteiger partial charge >= 0.3 is 0 Å². The summed E-state index contributed by atoms with van der Waals surface area (Å²) >= 11 is 0. The number of aliphatic hydroxyl groups excluding tert-OH is 1. The summed E-state index contributed by atoms with van der Waals surface area (Å²) in [5, 5.41) is 20.5. The van der Waals surface area contributed by atoms with Crippen LogP contribution < -0.4 is 15.5 Å². The molecule has 1 aromatic carbocycles. The number of rotatable bonds is 6. The molecule has 9 heteroatoms. The number of hydrogen-bond acceptors (Lipinski definition) is 6. The number of carbonyl (C=O) groups excluding carboxylic acids is 3. The zero-order valence-corrected chi connectivity index (χ0v) is 13.6. The van der Waals surface area contributed by atoms with E-state index in [-0.39, 0.29) is 25.3 Å². The lowest BCUT2D eigenvalue weighted by Crippen LogP contribution is -2.44. The van der Waals surface area contributed by atoms with E-state index in [4.69, 9.17) is 9.94 Å². The van der Waals surface area contributed by atoms with Gasteiger partial charge in [0.15, 0.2) is 0 Å². The molecule has 0 aliphatic carbocycles. The van der Waals surface area contributed by atoms with Crippen molar-refractivity contribution in [1.29, 1.82) is 0 Å². The molecule has 0 aromatic heterocycles. The molecule has 1 aliphatic heterocycles. The number of methoxy groups -OCH3 is 1. The number of hydroxylamine groups is 1. The highest BCUT2D eigenvalue weighted by atomic mass is 16.5. The summed E-state index contributed by atoms with van der Waals surface area (Å²) in [6, 6.07) is 7.13. The Morgan fingerprint density at radius 2 is 1.96 bits per heavy atom. The van der Waals surface area contributed by atoms with E-state index in [2.05, 4.69) is 5.32 Å². The number of nitrogens with one attached hydrogen (secondary N) is 2. The number of nitrogens with zero attached hydrogens (tertiary/aromatic N) is 1. The first-order valence-electron chi connectivity index (χ1n) is 7.51. The van der Waals surface area contributed by atoms with Crippen LogP contribution in [0.2, 0.25) is 0 Å². The lowest BCUT2D eigenvalue weighted by atomic mass is 10.0.